The molecule has 1 fully saturated rings. The van der Waals surface area contributed by atoms with E-state index in [1.807, 2.05) is 41.5 Å². The van der Waals surface area contributed by atoms with Gasteiger partial charge >= 0.3 is 6.03 Å². The number of hydrogen-bond donors (Lipinski definition) is 1. The summed E-state index contributed by atoms with van der Waals surface area (Å²) in [5.74, 6) is 0. The fraction of sp³-hybridized carbons (Fsp3) is 0.389. The number of rotatable bonds is 5. The number of hydrogen-bond acceptors (Lipinski definition) is 3. The summed E-state index contributed by atoms with van der Waals surface area (Å²) in [6.07, 6.45) is 2.19. The van der Waals surface area contributed by atoms with Crippen molar-refractivity contribution in [2.24, 2.45) is 0 Å². The van der Waals surface area contributed by atoms with E-state index >= 15 is 0 Å². The standard InChI is InChI=1S/C18H21ClN2O2S/c1-13-6-7-14(10-17(13)19)20-18(22)21(11-15-4-2-8-23-15)12-16-5-3-9-24-16/h3,5-7,9-10,15H,2,4,8,11-12H2,1H3,(H,20,22)/t15-/m1/s1. The Hall–Kier alpha value is -1.56. The molecule has 24 heavy (non-hydrogen) atoms. The van der Waals surface area contributed by atoms with Gasteiger partial charge in [0.2, 0.25) is 0 Å². The third kappa shape index (κ3) is 4.50. The Kier molecular flexibility index (Phi) is 5.76. The van der Waals surface area contributed by atoms with Gasteiger partial charge < -0.3 is 15.0 Å². The van der Waals surface area contributed by atoms with Crippen LogP contribution in [-0.4, -0.2) is 30.2 Å². The maximum atomic E-state index is 12.7. The average molecular weight is 365 g/mol. The Bertz CT molecular complexity index is 684. The molecule has 1 aliphatic heterocycles. The van der Waals surface area contributed by atoms with Gasteiger partial charge in [0.05, 0.1) is 12.6 Å². The van der Waals surface area contributed by atoms with E-state index in [0.717, 1.165) is 29.9 Å². The highest BCUT2D eigenvalue weighted by molar-refractivity contribution is 7.09. The fourth-order valence-electron chi connectivity index (χ4n) is 2.72. The largest absolute Gasteiger partial charge is 0.376 e. The van der Waals surface area contributed by atoms with Gasteiger partial charge in [-0.2, -0.15) is 0 Å². The smallest absolute Gasteiger partial charge is 0.322 e. The number of aryl methyl sites for hydroxylation is 1. The molecule has 1 aromatic heterocycles. The number of benzene rings is 1. The molecule has 1 N–H and O–H groups in total. The van der Waals surface area contributed by atoms with Crippen LogP contribution >= 0.6 is 22.9 Å². The predicted molar refractivity (Wildman–Crippen MR) is 98.9 cm³/mol. The minimum absolute atomic E-state index is 0.123. The highest BCUT2D eigenvalue weighted by Gasteiger charge is 2.23. The molecule has 0 radical (unpaired) electrons. The molecule has 2 aromatic rings. The third-order valence-corrected chi connectivity index (χ3v) is 5.35. The summed E-state index contributed by atoms with van der Waals surface area (Å²) in [4.78, 5) is 15.7. The Morgan fingerprint density at radius 3 is 3.00 bits per heavy atom. The van der Waals surface area contributed by atoms with Gasteiger partial charge in [-0.1, -0.05) is 23.7 Å². The molecule has 1 aromatic carbocycles. The summed E-state index contributed by atoms with van der Waals surface area (Å²) in [6, 6.07) is 9.48. The first-order chi connectivity index (χ1) is 11.6. The van der Waals surface area contributed by atoms with Crippen molar-refractivity contribution in [2.45, 2.75) is 32.4 Å². The van der Waals surface area contributed by atoms with Gasteiger partial charge in [-0.15, -0.1) is 11.3 Å². The molecule has 2 amide bonds. The molecule has 0 unspecified atom stereocenters. The maximum Gasteiger partial charge on any atom is 0.322 e. The molecule has 0 bridgehead atoms. The molecule has 128 valence electrons. The Morgan fingerprint density at radius 1 is 1.46 bits per heavy atom. The van der Waals surface area contributed by atoms with Crippen LogP contribution in [0, 0.1) is 6.92 Å². The number of thiophene rings is 1. The molecule has 0 saturated carbocycles. The van der Waals surface area contributed by atoms with Crippen LogP contribution in [0.25, 0.3) is 0 Å². The number of carbonyl (C=O) groups excluding carboxylic acids is 1. The van der Waals surface area contributed by atoms with Gasteiger partial charge in [-0.3, -0.25) is 0 Å². The zero-order chi connectivity index (χ0) is 16.9. The number of nitrogens with zero attached hydrogens (tertiary/aromatic N) is 1. The molecule has 1 saturated heterocycles. The van der Waals surface area contributed by atoms with E-state index in [-0.39, 0.29) is 12.1 Å². The highest BCUT2D eigenvalue weighted by Crippen LogP contribution is 2.22. The summed E-state index contributed by atoms with van der Waals surface area (Å²) < 4.78 is 5.70. The van der Waals surface area contributed by atoms with Crippen LogP contribution in [0.2, 0.25) is 5.02 Å². The number of nitrogens with one attached hydrogen (secondary N) is 1. The van der Waals surface area contributed by atoms with Crippen molar-refractivity contribution < 1.29 is 9.53 Å². The minimum Gasteiger partial charge on any atom is -0.376 e. The molecule has 0 spiro atoms. The summed E-state index contributed by atoms with van der Waals surface area (Å²) in [7, 11) is 0. The second-order valence-electron chi connectivity index (χ2n) is 5.99. The van der Waals surface area contributed by atoms with Gasteiger partial charge in [-0.05, 0) is 48.9 Å². The van der Waals surface area contributed by atoms with Crippen LogP contribution < -0.4 is 5.32 Å². The van der Waals surface area contributed by atoms with E-state index in [4.69, 9.17) is 16.3 Å². The molecule has 0 aliphatic carbocycles. The Balaban J connectivity index is 1.70. The van der Waals surface area contributed by atoms with Gasteiger partial charge in [0.25, 0.3) is 0 Å². The van der Waals surface area contributed by atoms with Gasteiger partial charge in [0.1, 0.15) is 0 Å². The molecule has 3 rings (SSSR count). The topological polar surface area (TPSA) is 41.6 Å². The molecular formula is C18H21ClN2O2S. The summed E-state index contributed by atoms with van der Waals surface area (Å²) in [6.45, 7) is 3.91. The van der Waals surface area contributed by atoms with E-state index in [1.165, 1.54) is 0 Å². The van der Waals surface area contributed by atoms with Crippen LogP contribution in [0.5, 0.6) is 0 Å². The molecule has 1 aliphatic rings. The Labute approximate surface area is 151 Å². The fourth-order valence-corrected chi connectivity index (χ4v) is 3.62. The average Bonchev–Trinajstić information content (AvgIpc) is 3.24. The van der Waals surface area contributed by atoms with E-state index in [1.54, 1.807) is 17.4 Å². The van der Waals surface area contributed by atoms with Crippen molar-refractivity contribution >= 4 is 34.7 Å². The van der Waals surface area contributed by atoms with Crippen molar-refractivity contribution in [3.05, 3.63) is 51.2 Å². The van der Waals surface area contributed by atoms with Crippen molar-refractivity contribution in [1.82, 2.24) is 4.90 Å². The van der Waals surface area contributed by atoms with E-state index in [9.17, 15) is 4.79 Å². The Morgan fingerprint density at radius 2 is 2.33 bits per heavy atom. The van der Waals surface area contributed by atoms with Gasteiger partial charge in [0.15, 0.2) is 0 Å². The van der Waals surface area contributed by atoms with Crippen molar-refractivity contribution in [2.75, 3.05) is 18.5 Å². The lowest BCUT2D eigenvalue weighted by Crippen LogP contribution is -2.39. The quantitative estimate of drug-likeness (QED) is 0.817. The van der Waals surface area contributed by atoms with Crippen LogP contribution in [0.4, 0.5) is 10.5 Å². The first kappa shape index (κ1) is 17.3. The second-order valence-corrected chi connectivity index (χ2v) is 7.43. The third-order valence-electron chi connectivity index (χ3n) is 4.09. The van der Waals surface area contributed by atoms with Crippen molar-refractivity contribution in [3.63, 3.8) is 0 Å². The number of ether oxygens (including phenoxy) is 1. The van der Waals surface area contributed by atoms with Crippen LogP contribution in [-0.2, 0) is 11.3 Å². The molecule has 1 atom stereocenters. The van der Waals surface area contributed by atoms with Crippen LogP contribution in [0.1, 0.15) is 23.3 Å². The predicted octanol–water partition coefficient (Wildman–Crippen LogP) is 4.92. The molecule has 4 nitrogen and oxygen atoms in total. The van der Waals surface area contributed by atoms with E-state index in [2.05, 4.69) is 5.32 Å². The number of anilines is 1. The maximum absolute atomic E-state index is 12.7. The zero-order valence-corrected chi connectivity index (χ0v) is 15.2. The number of urea groups is 1. The number of halogens is 1. The summed E-state index contributed by atoms with van der Waals surface area (Å²) in [5.41, 5.74) is 1.70. The van der Waals surface area contributed by atoms with Crippen LogP contribution in [0.15, 0.2) is 35.7 Å². The van der Waals surface area contributed by atoms with E-state index < -0.39 is 0 Å². The zero-order valence-electron chi connectivity index (χ0n) is 13.6. The first-order valence-electron chi connectivity index (χ1n) is 8.08. The van der Waals surface area contributed by atoms with Gasteiger partial charge in [0, 0.05) is 28.7 Å². The lowest BCUT2D eigenvalue weighted by molar-refractivity contribution is 0.0821. The normalized spacial score (nSPS) is 17.0. The molecular weight excluding hydrogens is 344 g/mol. The van der Waals surface area contributed by atoms with Gasteiger partial charge in [-0.25, -0.2) is 4.79 Å². The molecule has 6 heteroatoms. The lowest BCUT2D eigenvalue weighted by Gasteiger charge is -2.25. The minimum atomic E-state index is -0.126. The number of carbonyl (C=O) groups is 1. The SMILES string of the molecule is Cc1ccc(NC(=O)N(Cc2cccs2)C[C@H]2CCCO2)cc1Cl. The summed E-state index contributed by atoms with van der Waals surface area (Å²) in [5, 5.41) is 5.62. The summed E-state index contributed by atoms with van der Waals surface area (Å²) >= 11 is 7.80. The van der Waals surface area contributed by atoms with Crippen LogP contribution in [0.3, 0.4) is 0 Å². The first-order valence-corrected chi connectivity index (χ1v) is 9.33. The van der Waals surface area contributed by atoms with E-state index in [0.29, 0.717) is 23.8 Å². The lowest BCUT2D eigenvalue weighted by atomic mass is 10.2. The molecule has 2 heterocycles. The highest BCUT2D eigenvalue weighted by atomic mass is 35.5. The number of amides is 2. The monoisotopic (exact) mass is 364 g/mol. The second kappa shape index (κ2) is 8.01. The van der Waals surface area contributed by atoms with Crippen molar-refractivity contribution in [1.29, 1.82) is 0 Å². The van der Waals surface area contributed by atoms with Crippen molar-refractivity contribution in [3.8, 4) is 0 Å².